The van der Waals surface area contributed by atoms with Gasteiger partial charge in [-0.1, -0.05) is 32.6 Å². The van der Waals surface area contributed by atoms with Crippen molar-refractivity contribution in [2.24, 2.45) is 0 Å². The summed E-state index contributed by atoms with van der Waals surface area (Å²) in [6.07, 6.45) is 5.86. The van der Waals surface area contributed by atoms with E-state index in [4.69, 9.17) is 24.8 Å². The fourth-order valence-electron chi connectivity index (χ4n) is 2.08. The van der Waals surface area contributed by atoms with E-state index in [1.54, 1.807) is 0 Å². The Kier molecular flexibility index (Phi) is 8.57. The van der Waals surface area contributed by atoms with E-state index in [0.717, 1.165) is 6.61 Å². The molecule has 0 amide bonds. The van der Waals surface area contributed by atoms with Gasteiger partial charge in [-0.25, -0.2) is 0 Å². The van der Waals surface area contributed by atoms with Crippen LogP contribution in [-0.2, 0) is 9.47 Å². The monoisotopic (exact) mass is 276 g/mol. The molecule has 0 aromatic rings. The Morgan fingerprint density at radius 1 is 1.00 bits per heavy atom. The average Bonchev–Trinajstić information content (AvgIpc) is 3.18. The molecule has 19 heavy (non-hydrogen) atoms. The molecule has 2 saturated heterocycles. The highest BCUT2D eigenvalue weighted by Gasteiger charge is 2.33. The molecule has 0 aromatic heterocycles. The first-order valence-corrected chi connectivity index (χ1v) is 7.39. The fourth-order valence-corrected chi connectivity index (χ4v) is 2.08. The summed E-state index contributed by atoms with van der Waals surface area (Å²) >= 11 is 0. The molecule has 4 unspecified atom stereocenters. The lowest BCUT2D eigenvalue weighted by Gasteiger charge is -2.12. The first-order valence-electron chi connectivity index (χ1n) is 7.39. The molecule has 3 N–H and O–H groups in total. The van der Waals surface area contributed by atoms with Crippen LogP contribution in [0.25, 0.3) is 0 Å². The van der Waals surface area contributed by atoms with Crippen molar-refractivity contribution in [1.82, 2.24) is 0 Å². The second kappa shape index (κ2) is 9.66. The van der Waals surface area contributed by atoms with E-state index in [1.165, 1.54) is 32.1 Å². The molecule has 4 atom stereocenters. The van der Waals surface area contributed by atoms with Gasteiger partial charge in [-0.3, -0.25) is 0 Å². The van der Waals surface area contributed by atoms with Crippen LogP contribution < -0.4 is 0 Å². The van der Waals surface area contributed by atoms with Crippen molar-refractivity contribution in [2.45, 2.75) is 69.9 Å². The van der Waals surface area contributed by atoms with Gasteiger partial charge in [0.15, 0.2) is 0 Å². The maximum absolute atomic E-state index is 9.10. The molecule has 2 rings (SSSR count). The van der Waals surface area contributed by atoms with Crippen LogP contribution in [0.5, 0.6) is 0 Å². The van der Waals surface area contributed by atoms with Gasteiger partial charge in [0, 0.05) is 6.61 Å². The van der Waals surface area contributed by atoms with Crippen LogP contribution in [0, 0.1) is 0 Å². The van der Waals surface area contributed by atoms with Crippen molar-refractivity contribution >= 4 is 0 Å². The summed E-state index contributed by atoms with van der Waals surface area (Å²) in [5.41, 5.74) is 0. The van der Waals surface area contributed by atoms with Gasteiger partial charge in [0.25, 0.3) is 0 Å². The Bertz CT molecular complexity index is 218. The predicted molar refractivity (Wildman–Crippen MR) is 72.0 cm³/mol. The smallest absolute Gasteiger partial charge is 0.108 e. The Morgan fingerprint density at radius 3 is 2.21 bits per heavy atom. The van der Waals surface area contributed by atoms with E-state index in [2.05, 4.69) is 6.92 Å². The third kappa shape index (κ3) is 7.22. The maximum Gasteiger partial charge on any atom is 0.108 e. The average molecular weight is 276 g/mol. The fraction of sp³-hybridized carbons (Fsp3) is 1.00. The SMILES string of the molecule is CCCCCCC1CO1.OCCC1OCC(O)C1O. The van der Waals surface area contributed by atoms with Crippen LogP contribution in [0.15, 0.2) is 0 Å². The molecule has 2 aliphatic heterocycles. The van der Waals surface area contributed by atoms with Crippen LogP contribution >= 0.6 is 0 Å². The zero-order valence-electron chi connectivity index (χ0n) is 11.8. The quantitative estimate of drug-likeness (QED) is 0.474. The van der Waals surface area contributed by atoms with Gasteiger partial charge in [0.1, 0.15) is 12.2 Å². The molecule has 5 heteroatoms. The van der Waals surface area contributed by atoms with Gasteiger partial charge in [-0.05, 0) is 12.8 Å². The minimum atomic E-state index is -0.827. The lowest BCUT2D eigenvalue weighted by molar-refractivity contribution is 0.0117. The molecule has 0 aliphatic carbocycles. The summed E-state index contributed by atoms with van der Waals surface area (Å²) in [6, 6.07) is 0. The molecule has 2 aliphatic rings. The van der Waals surface area contributed by atoms with Crippen molar-refractivity contribution < 1.29 is 24.8 Å². The number of aliphatic hydroxyl groups excluding tert-OH is 3. The Morgan fingerprint density at radius 2 is 1.74 bits per heavy atom. The van der Waals surface area contributed by atoms with Gasteiger partial charge < -0.3 is 24.8 Å². The zero-order valence-corrected chi connectivity index (χ0v) is 11.8. The molecule has 0 bridgehead atoms. The molecule has 0 aromatic carbocycles. The number of ether oxygens (including phenoxy) is 2. The van der Waals surface area contributed by atoms with E-state index in [9.17, 15) is 0 Å². The molecule has 0 saturated carbocycles. The molecule has 114 valence electrons. The number of aliphatic hydroxyl groups is 3. The minimum Gasteiger partial charge on any atom is -0.396 e. The van der Waals surface area contributed by atoms with E-state index >= 15 is 0 Å². The largest absolute Gasteiger partial charge is 0.396 e. The van der Waals surface area contributed by atoms with E-state index in [1.807, 2.05) is 0 Å². The summed E-state index contributed by atoms with van der Waals surface area (Å²) in [5, 5.41) is 26.5. The van der Waals surface area contributed by atoms with Crippen molar-refractivity contribution in [3.05, 3.63) is 0 Å². The van der Waals surface area contributed by atoms with Crippen molar-refractivity contribution in [3.63, 3.8) is 0 Å². The van der Waals surface area contributed by atoms with Crippen LogP contribution in [0.2, 0.25) is 0 Å². The van der Waals surface area contributed by atoms with Gasteiger partial charge >= 0.3 is 0 Å². The number of epoxide rings is 1. The third-order valence-corrected chi connectivity index (χ3v) is 3.45. The van der Waals surface area contributed by atoms with E-state index < -0.39 is 12.2 Å². The second-order valence-electron chi connectivity index (χ2n) is 5.25. The van der Waals surface area contributed by atoms with Crippen molar-refractivity contribution in [1.29, 1.82) is 0 Å². The molecule has 2 fully saturated rings. The molecular formula is C14H28O5. The Labute approximate surface area is 115 Å². The number of hydrogen-bond acceptors (Lipinski definition) is 5. The molecule has 2 heterocycles. The lowest BCUT2D eigenvalue weighted by Crippen LogP contribution is -2.30. The van der Waals surface area contributed by atoms with Crippen molar-refractivity contribution in [2.75, 3.05) is 19.8 Å². The summed E-state index contributed by atoms with van der Waals surface area (Å²) in [7, 11) is 0. The summed E-state index contributed by atoms with van der Waals surface area (Å²) < 4.78 is 10.0. The number of hydrogen-bond donors (Lipinski definition) is 3. The number of unbranched alkanes of at least 4 members (excludes halogenated alkanes) is 3. The molecule has 0 radical (unpaired) electrons. The Balaban J connectivity index is 0.000000191. The lowest BCUT2D eigenvalue weighted by atomic mass is 10.1. The van der Waals surface area contributed by atoms with Gasteiger partial charge in [-0.2, -0.15) is 0 Å². The van der Waals surface area contributed by atoms with Gasteiger partial charge in [0.05, 0.1) is 25.4 Å². The first kappa shape index (κ1) is 16.9. The third-order valence-electron chi connectivity index (χ3n) is 3.45. The number of rotatable bonds is 7. The highest BCUT2D eigenvalue weighted by atomic mass is 16.6. The second-order valence-corrected chi connectivity index (χ2v) is 5.25. The molecule has 5 nitrogen and oxygen atoms in total. The van der Waals surface area contributed by atoms with Crippen LogP contribution in [-0.4, -0.2) is 59.6 Å². The normalized spacial score (nSPS) is 32.8. The topological polar surface area (TPSA) is 82.5 Å². The summed E-state index contributed by atoms with van der Waals surface area (Å²) in [6.45, 7) is 3.43. The predicted octanol–water partition coefficient (Wildman–Crippen LogP) is 0.845. The van der Waals surface area contributed by atoms with E-state index in [0.29, 0.717) is 12.5 Å². The van der Waals surface area contributed by atoms with Crippen molar-refractivity contribution in [3.8, 4) is 0 Å². The zero-order chi connectivity index (χ0) is 14.1. The Hall–Kier alpha value is -0.200. The molecular weight excluding hydrogens is 248 g/mol. The van der Waals surface area contributed by atoms with Gasteiger partial charge in [0.2, 0.25) is 0 Å². The van der Waals surface area contributed by atoms with Crippen LogP contribution in [0.1, 0.15) is 45.4 Å². The first-order chi connectivity index (χ1) is 9.19. The van der Waals surface area contributed by atoms with Crippen LogP contribution in [0.4, 0.5) is 0 Å². The van der Waals surface area contributed by atoms with E-state index in [-0.39, 0.29) is 19.3 Å². The van der Waals surface area contributed by atoms with Crippen LogP contribution in [0.3, 0.4) is 0 Å². The highest BCUT2D eigenvalue weighted by molar-refractivity contribution is 4.82. The summed E-state index contributed by atoms with van der Waals surface area (Å²) in [4.78, 5) is 0. The molecule has 0 spiro atoms. The van der Waals surface area contributed by atoms with Gasteiger partial charge in [-0.15, -0.1) is 0 Å². The maximum atomic E-state index is 9.10. The highest BCUT2D eigenvalue weighted by Crippen LogP contribution is 2.17. The standard InChI is InChI=1S/C8H16O.C6H12O4/c1-2-3-4-5-6-8-7-9-8;7-2-1-5-6(9)4(8)3-10-5/h8H,2-7H2,1H3;4-9H,1-3H2. The summed E-state index contributed by atoms with van der Waals surface area (Å²) in [5.74, 6) is 0. The minimum absolute atomic E-state index is 0.0194.